The average molecular weight is 1330 g/mol. The smallest absolute Gasteiger partial charge is 0.0972 e. The van der Waals surface area contributed by atoms with E-state index in [4.69, 9.17) is 22.8 Å². The van der Waals surface area contributed by atoms with Crippen molar-refractivity contribution in [3.63, 3.8) is 0 Å². The molecule has 11 aromatic rings. The molecule has 0 saturated heterocycles. The molecule has 0 bridgehead atoms. The van der Waals surface area contributed by atoms with E-state index in [1.165, 1.54) is 142 Å². The van der Waals surface area contributed by atoms with Crippen molar-refractivity contribution in [2.24, 2.45) is 0 Å². The van der Waals surface area contributed by atoms with E-state index in [1.807, 2.05) is 68.0 Å². The van der Waals surface area contributed by atoms with Gasteiger partial charge in [0.05, 0.1) is 32.2 Å². The molecule has 0 radical (unpaired) electrons. The number of fused-ring (bicyclic) bond motifs is 3. The summed E-state index contributed by atoms with van der Waals surface area (Å²) in [5.41, 5.74) is 15.8. The van der Waals surface area contributed by atoms with Gasteiger partial charge in [0, 0.05) is 69.3 Å². The van der Waals surface area contributed by atoms with Gasteiger partial charge in [-0.2, -0.15) is 0 Å². The predicted octanol–water partition coefficient (Wildman–Crippen LogP) is 27.2. The fraction of sp³-hybridized carbons (Fsp3) is 0.400. The van der Waals surface area contributed by atoms with E-state index in [0.717, 1.165) is 146 Å². The van der Waals surface area contributed by atoms with Crippen LogP contribution < -0.4 is 0 Å². The zero-order chi connectivity index (χ0) is 62.7. The van der Waals surface area contributed by atoms with Gasteiger partial charge in [-0.25, -0.2) is 32.6 Å². The third kappa shape index (κ3) is 14.1. The lowest BCUT2D eigenvalue weighted by molar-refractivity contribution is 0.762. The number of hydrogen-bond donors (Lipinski definition) is 0. The third-order valence-electron chi connectivity index (χ3n) is 17.7. The van der Waals surface area contributed by atoms with Gasteiger partial charge in [-0.1, -0.05) is 154 Å². The van der Waals surface area contributed by atoms with Crippen LogP contribution in [0.15, 0.2) is 84.9 Å². The molecule has 466 valence electrons. The molecule has 0 amide bonds. The van der Waals surface area contributed by atoms with Crippen LogP contribution in [0.2, 0.25) is 0 Å². The van der Waals surface area contributed by atoms with E-state index < -0.39 is 0 Å². The largest absolute Gasteiger partial charge is 0.365 e. The van der Waals surface area contributed by atoms with Gasteiger partial charge < -0.3 is 12.8 Å². The van der Waals surface area contributed by atoms with Gasteiger partial charge in [0.2, 0.25) is 0 Å². The maximum absolute atomic E-state index is 8.31. The fourth-order valence-corrected chi connectivity index (χ4v) is 22.7. The minimum atomic E-state index is 0.952. The first-order valence-electron chi connectivity index (χ1n) is 33.8. The summed E-state index contributed by atoms with van der Waals surface area (Å²) < 4.78 is 0. The number of nitrogens with zero attached hydrogens (tertiary/aromatic N) is 2. The van der Waals surface area contributed by atoms with Crippen LogP contribution in [0.25, 0.3) is 101 Å². The monoisotopic (exact) mass is 1330 g/mol. The van der Waals surface area contributed by atoms with Gasteiger partial charge in [0.1, 0.15) is 0 Å². The summed E-state index contributed by atoms with van der Waals surface area (Å²) in [7, 11) is 0. The van der Waals surface area contributed by atoms with Gasteiger partial charge >= 0.3 is 0 Å². The molecule has 0 fully saturated rings. The van der Waals surface area contributed by atoms with Crippen LogP contribution >= 0.6 is 90.7 Å². The highest BCUT2D eigenvalue weighted by Crippen LogP contribution is 2.53. The quantitative estimate of drug-likeness (QED) is 0.0239. The molecule has 0 aliphatic heterocycles. The summed E-state index contributed by atoms with van der Waals surface area (Å²) in [5.74, 6) is 5.74. The summed E-state index contributed by atoms with van der Waals surface area (Å²) in [5, 5.41) is 2.21. The van der Waals surface area contributed by atoms with E-state index in [9.17, 15) is 0 Å². The number of benzene rings is 1. The third-order valence-corrected chi connectivity index (χ3v) is 28.1. The lowest BCUT2D eigenvalue weighted by atomic mass is 9.97. The van der Waals surface area contributed by atoms with Crippen molar-refractivity contribution in [2.45, 2.75) is 209 Å². The molecule has 10 heterocycles. The minimum absolute atomic E-state index is 0.952. The number of aromatic nitrogens is 2. The average Bonchev–Trinajstić information content (AvgIpc) is 1.60. The Morgan fingerprint density at radius 3 is 0.756 bits per heavy atom. The molecular formula is C80H86N2S8-2. The summed E-state index contributed by atoms with van der Waals surface area (Å²) >= 11 is 15.3. The Hall–Kier alpha value is -5.24. The molecule has 10 aromatic heterocycles. The molecule has 0 aliphatic carbocycles. The molecular weight excluding hydrogens is 1250 g/mol. The standard InChI is InChI=1S/C80H86N2S8/c1-11-21-29-53-55(31-23-13-3)75(87-63(53)19-9)67-47-49-71(85-67)79-59(35-27-17-7)57(33-25-15-5)77(89-79)69-45-43-65(83-69)61-41-39-51-37-38-52-40-42-62(82-74(52)73(51)81-61)66-44-46-70(84-66)78-58(34-26-16-6)60(36-28-18-8)80(90-78)72-50-48-68(86-72)76-56(32-24-14-4)54(30-22-12-2)64(20-10)88-76/h37-50H,11-18,21-36H2,1-8H3/q-2. The Morgan fingerprint density at radius 1 is 0.267 bits per heavy atom. The van der Waals surface area contributed by atoms with Crippen LogP contribution in [0, 0.1) is 24.7 Å². The fourth-order valence-electron chi connectivity index (χ4n) is 12.7. The maximum Gasteiger partial charge on any atom is 0.0972 e. The Morgan fingerprint density at radius 2 is 0.489 bits per heavy atom. The molecule has 10 heteroatoms. The normalized spacial score (nSPS) is 11.7. The number of unbranched alkanes of at least 4 members (excludes halogenated alkanes) is 8. The summed E-state index contributed by atoms with van der Waals surface area (Å²) in [6.45, 7) is 18.4. The molecule has 2 nitrogen and oxygen atoms in total. The van der Waals surface area contributed by atoms with Crippen molar-refractivity contribution < 1.29 is 0 Å². The van der Waals surface area contributed by atoms with Crippen LogP contribution in [-0.2, 0) is 51.4 Å². The molecule has 11 rings (SSSR count). The molecule has 0 aliphatic rings. The van der Waals surface area contributed by atoms with E-state index in [1.54, 1.807) is 44.9 Å². The van der Waals surface area contributed by atoms with Crippen LogP contribution in [-0.4, -0.2) is 9.97 Å². The summed E-state index contributed by atoms with van der Waals surface area (Å²) in [4.78, 5) is 32.1. The van der Waals surface area contributed by atoms with Crippen molar-refractivity contribution in [3.05, 3.63) is 152 Å². The Labute approximate surface area is 570 Å². The van der Waals surface area contributed by atoms with E-state index >= 15 is 0 Å². The van der Waals surface area contributed by atoms with Gasteiger partial charge in [-0.05, 0) is 184 Å². The SMILES string of the molecule is [C-]#Cc1sc(-c2ccc(-c3sc(-c4ccc(-c5ccc6ccc7ccc(-c8ccc(-c9sc(-c%10ccc(-c%11sc(C#[C-])c(CCCC)c%11CCCC)s%10)c(CCCC)c9CCCC)s8)nc7c6n5)s4)c(CCCC)c3CCCC)s2)c(CCCC)c1CCCC. The van der Waals surface area contributed by atoms with Crippen molar-refractivity contribution >= 4 is 113 Å². The van der Waals surface area contributed by atoms with Crippen molar-refractivity contribution in [1.82, 2.24) is 9.97 Å². The van der Waals surface area contributed by atoms with Gasteiger partial charge in [0.25, 0.3) is 0 Å². The second-order valence-corrected chi connectivity index (χ2v) is 32.6. The molecule has 0 saturated carbocycles. The van der Waals surface area contributed by atoms with Gasteiger partial charge in [-0.3, -0.25) is 11.8 Å². The molecule has 90 heavy (non-hydrogen) atoms. The van der Waals surface area contributed by atoms with Crippen LogP contribution in [0.4, 0.5) is 0 Å². The van der Waals surface area contributed by atoms with Crippen LogP contribution in [0.5, 0.6) is 0 Å². The second-order valence-electron chi connectivity index (χ2n) is 24.2. The first kappa shape index (κ1) is 66.2. The number of rotatable bonds is 32. The highest BCUT2D eigenvalue weighted by atomic mass is 32.1. The second kappa shape index (κ2) is 31.6. The topological polar surface area (TPSA) is 25.8 Å². The molecule has 0 spiro atoms. The minimum Gasteiger partial charge on any atom is -0.365 e. The molecule has 1 aromatic carbocycles. The maximum atomic E-state index is 8.31. The molecule has 0 N–H and O–H groups in total. The first-order valence-corrected chi connectivity index (χ1v) is 40.3. The predicted molar refractivity (Wildman–Crippen MR) is 405 cm³/mol. The van der Waals surface area contributed by atoms with Crippen LogP contribution in [0.3, 0.4) is 0 Å². The lowest BCUT2D eigenvalue weighted by Crippen LogP contribution is -1.94. The van der Waals surface area contributed by atoms with E-state index in [2.05, 4.69) is 152 Å². The number of thiophene rings is 8. The molecule has 0 unspecified atom stereocenters. The van der Waals surface area contributed by atoms with E-state index in [0.29, 0.717) is 0 Å². The summed E-state index contributed by atoms with van der Waals surface area (Å²) in [6.07, 6.45) is 43.8. The van der Waals surface area contributed by atoms with Gasteiger partial charge in [0.15, 0.2) is 0 Å². The summed E-state index contributed by atoms with van der Waals surface area (Å²) in [6, 6.07) is 32.3. The Bertz CT molecular complexity index is 4030. The highest BCUT2D eigenvalue weighted by Gasteiger charge is 2.27. The Balaban J connectivity index is 0.926. The van der Waals surface area contributed by atoms with Crippen molar-refractivity contribution in [2.75, 3.05) is 0 Å². The lowest BCUT2D eigenvalue weighted by Gasteiger charge is -2.10. The van der Waals surface area contributed by atoms with Crippen molar-refractivity contribution in [3.8, 4) is 91.5 Å². The van der Waals surface area contributed by atoms with Crippen LogP contribution in [0.1, 0.15) is 212 Å². The van der Waals surface area contributed by atoms with Crippen molar-refractivity contribution in [1.29, 1.82) is 0 Å². The number of hydrogen-bond acceptors (Lipinski definition) is 10. The van der Waals surface area contributed by atoms with E-state index in [-0.39, 0.29) is 0 Å². The molecule has 0 atom stereocenters. The zero-order valence-corrected chi connectivity index (χ0v) is 60.7. The van der Waals surface area contributed by atoms with Gasteiger partial charge in [-0.15, -0.1) is 79.1 Å². The Kier molecular flexibility index (Phi) is 23.2. The zero-order valence-electron chi connectivity index (χ0n) is 54.2. The number of pyridine rings is 2. The first-order chi connectivity index (χ1) is 44.2. The highest BCUT2D eigenvalue weighted by molar-refractivity contribution is 7.30.